The fraction of sp³-hybridized carbons (Fsp3) is 0.588. The van der Waals surface area contributed by atoms with E-state index in [9.17, 15) is 21.6 Å². The molecule has 2 rings (SSSR count). The van der Waals surface area contributed by atoms with Gasteiger partial charge in [0.05, 0.1) is 10.6 Å². The third-order valence-electron chi connectivity index (χ3n) is 4.59. The normalized spacial score (nSPS) is 17.7. The molecule has 0 aliphatic carbocycles. The summed E-state index contributed by atoms with van der Waals surface area (Å²) in [5.41, 5.74) is 0. The second-order valence-electron chi connectivity index (χ2n) is 7.05. The Labute approximate surface area is 166 Å². The molecule has 0 bridgehead atoms. The number of carbonyl (C=O) groups excluding carboxylic acids is 1. The number of piperidine rings is 1. The molecule has 1 aliphatic heterocycles. The van der Waals surface area contributed by atoms with Crippen LogP contribution in [0.4, 0.5) is 0 Å². The number of hydrogen-bond donors (Lipinski definition) is 1. The molecule has 1 fully saturated rings. The van der Waals surface area contributed by atoms with Gasteiger partial charge in [-0.15, -0.1) is 0 Å². The highest BCUT2D eigenvalue weighted by Crippen LogP contribution is 2.19. The summed E-state index contributed by atoms with van der Waals surface area (Å²) in [6.07, 6.45) is 2.63. The monoisotopic (exact) mass is 436 g/mol. The number of likely N-dealkylation sites (tertiary alicyclic amines) is 1. The number of nitrogens with one attached hydrogen (secondary N) is 1. The largest absolute Gasteiger partial charge is 0.341 e. The van der Waals surface area contributed by atoms with Crippen LogP contribution in [0.5, 0.6) is 0 Å². The minimum Gasteiger partial charge on any atom is -0.341 e. The van der Waals surface area contributed by atoms with Crippen LogP contribution >= 0.6 is 11.6 Å². The number of amides is 1. The Morgan fingerprint density at radius 1 is 1.19 bits per heavy atom. The molecule has 0 spiro atoms. The second-order valence-corrected chi connectivity index (χ2v) is 11.5. The Morgan fingerprint density at radius 3 is 2.26 bits per heavy atom. The molecule has 0 saturated carbocycles. The maximum Gasteiger partial charge on any atom is 0.241 e. The molecule has 152 valence electrons. The minimum atomic E-state index is -3.99. The Hall–Kier alpha value is -1.16. The first-order valence-electron chi connectivity index (χ1n) is 8.72. The zero-order chi connectivity index (χ0) is 20.2. The van der Waals surface area contributed by atoms with Gasteiger partial charge in [-0.3, -0.25) is 4.79 Å². The smallest absolute Gasteiger partial charge is 0.241 e. The third kappa shape index (κ3) is 6.74. The fourth-order valence-electron chi connectivity index (χ4n) is 2.88. The van der Waals surface area contributed by atoms with E-state index in [1.807, 2.05) is 0 Å². The van der Waals surface area contributed by atoms with Gasteiger partial charge in [0.1, 0.15) is 15.9 Å². The Kier molecular flexibility index (Phi) is 7.29. The van der Waals surface area contributed by atoms with Crippen molar-refractivity contribution in [1.29, 1.82) is 0 Å². The summed E-state index contributed by atoms with van der Waals surface area (Å²) in [6.45, 7) is 3.18. The van der Waals surface area contributed by atoms with E-state index in [1.165, 1.54) is 24.3 Å². The number of rotatable bonds is 7. The first-order chi connectivity index (χ1) is 12.5. The van der Waals surface area contributed by atoms with Crippen molar-refractivity contribution in [1.82, 2.24) is 9.62 Å². The van der Waals surface area contributed by atoms with Crippen molar-refractivity contribution in [2.45, 2.75) is 37.1 Å². The van der Waals surface area contributed by atoms with Gasteiger partial charge in [-0.2, -0.15) is 4.72 Å². The first-order valence-corrected chi connectivity index (χ1v) is 12.6. The highest BCUT2D eigenvalue weighted by molar-refractivity contribution is 7.90. The molecule has 10 heteroatoms. The predicted octanol–water partition coefficient (Wildman–Crippen LogP) is 1.68. The van der Waals surface area contributed by atoms with E-state index < -0.39 is 25.9 Å². The lowest BCUT2D eigenvalue weighted by Gasteiger charge is -2.33. The summed E-state index contributed by atoms with van der Waals surface area (Å²) >= 11 is 5.79. The lowest BCUT2D eigenvalue weighted by Crippen LogP contribution is -2.51. The van der Waals surface area contributed by atoms with Crippen LogP contribution in [0.3, 0.4) is 0 Å². The molecule has 7 nitrogen and oxygen atoms in total. The third-order valence-corrected chi connectivity index (χ3v) is 7.31. The van der Waals surface area contributed by atoms with Crippen molar-refractivity contribution >= 4 is 37.4 Å². The van der Waals surface area contributed by atoms with Crippen LogP contribution in [0.25, 0.3) is 0 Å². The van der Waals surface area contributed by atoms with Crippen LogP contribution in [0, 0.1) is 5.92 Å². The molecule has 1 amide bonds. The highest BCUT2D eigenvalue weighted by Gasteiger charge is 2.31. The number of benzene rings is 1. The van der Waals surface area contributed by atoms with Gasteiger partial charge in [0.2, 0.25) is 15.9 Å². The molecule has 0 unspecified atom stereocenters. The van der Waals surface area contributed by atoms with Crippen LogP contribution in [0.1, 0.15) is 26.2 Å². The number of carbonyl (C=O) groups is 1. The summed E-state index contributed by atoms with van der Waals surface area (Å²) in [5, 5.41) is 0.390. The number of nitrogens with zero attached hydrogens (tertiary/aromatic N) is 1. The molecule has 1 aromatic carbocycles. The fourth-order valence-corrected chi connectivity index (χ4v) is 4.90. The van der Waals surface area contributed by atoms with E-state index >= 15 is 0 Å². The second kappa shape index (κ2) is 8.89. The van der Waals surface area contributed by atoms with Crippen LogP contribution in [0.15, 0.2) is 29.2 Å². The molecule has 1 heterocycles. The summed E-state index contributed by atoms with van der Waals surface area (Å²) in [7, 11) is -7.33. The van der Waals surface area contributed by atoms with Crippen LogP contribution < -0.4 is 4.72 Å². The maximum atomic E-state index is 12.9. The lowest BCUT2D eigenvalue weighted by atomic mass is 9.98. The summed E-state index contributed by atoms with van der Waals surface area (Å²) in [5.74, 6) is -0.158. The Bertz CT molecular complexity index is 861. The van der Waals surface area contributed by atoms with Gasteiger partial charge in [0, 0.05) is 24.4 Å². The van der Waals surface area contributed by atoms with Crippen molar-refractivity contribution in [2.24, 2.45) is 5.92 Å². The van der Waals surface area contributed by atoms with Crippen LogP contribution in [0.2, 0.25) is 5.02 Å². The average molecular weight is 437 g/mol. The zero-order valence-corrected chi connectivity index (χ0v) is 17.8. The average Bonchev–Trinajstić information content (AvgIpc) is 2.58. The molecule has 1 aromatic rings. The van der Waals surface area contributed by atoms with Crippen molar-refractivity contribution in [3.05, 3.63) is 29.3 Å². The van der Waals surface area contributed by atoms with E-state index in [2.05, 4.69) is 11.6 Å². The topological polar surface area (TPSA) is 101 Å². The van der Waals surface area contributed by atoms with Gasteiger partial charge in [0.15, 0.2) is 0 Å². The minimum absolute atomic E-state index is 0.0312. The molecule has 1 aliphatic rings. The number of hydrogen-bond acceptors (Lipinski definition) is 5. The number of sulfone groups is 1. The zero-order valence-electron chi connectivity index (χ0n) is 15.4. The lowest BCUT2D eigenvalue weighted by molar-refractivity contribution is -0.134. The number of halogens is 1. The Balaban J connectivity index is 2.20. The van der Waals surface area contributed by atoms with E-state index in [4.69, 9.17) is 11.6 Å². The molecule has 0 aromatic heterocycles. The summed E-state index contributed by atoms with van der Waals surface area (Å²) in [6, 6.07) is 4.43. The SMILES string of the molecule is CC1CCN(C(=O)[C@H](CCS(C)(=O)=O)NS(=O)(=O)c2ccc(Cl)cc2)CC1. The predicted molar refractivity (Wildman–Crippen MR) is 105 cm³/mol. The molecular formula is C17H25ClN2O5S2. The van der Waals surface area contributed by atoms with Crippen LogP contribution in [-0.2, 0) is 24.7 Å². The van der Waals surface area contributed by atoms with E-state index in [0.29, 0.717) is 24.0 Å². The molecule has 1 saturated heterocycles. The van der Waals surface area contributed by atoms with E-state index in [-0.39, 0.29) is 23.0 Å². The van der Waals surface area contributed by atoms with Crippen molar-refractivity contribution < 1.29 is 21.6 Å². The van der Waals surface area contributed by atoms with Gasteiger partial charge >= 0.3 is 0 Å². The highest BCUT2D eigenvalue weighted by atomic mass is 35.5. The van der Waals surface area contributed by atoms with Gasteiger partial charge < -0.3 is 4.90 Å². The maximum absolute atomic E-state index is 12.9. The van der Waals surface area contributed by atoms with Crippen LogP contribution in [-0.4, -0.2) is 58.8 Å². The molecule has 27 heavy (non-hydrogen) atoms. The van der Waals surface area contributed by atoms with E-state index in [1.54, 1.807) is 4.90 Å². The standard InChI is InChI=1S/C17H25ClN2O5S2/c1-13-7-10-20(11-8-13)17(21)16(9-12-26(2,22)23)19-27(24,25)15-5-3-14(18)4-6-15/h3-6,13,16,19H,7-12H2,1-2H3/t16-/m0/s1. The van der Waals surface area contributed by atoms with Gasteiger partial charge in [-0.05, 0) is 49.4 Å². The van der Waals surface area contributed by atoms with Crippen molar-refractivity contribution in [2.75, 3.05) is 25.1 Å². The van der Waals surface area contributed by atoms with Gasteiger partial charge in [-0.1, -0.05) is 18.5 Å². The quantitative estimate of drug-likeness (QED) is 0.700. The number of sulfonamides is 1. The first kappa shape index (κ1) is 22.1. The molecule has 1 atom stereocenters. The van der Waals surface area contributed by atoms with Crippen molar-refractivity contribution in [3.8, 4) is 0 Å². The Morgan fingerprint density at radius 2 is 1.74 bits per heavy atom. The summed E-state index contributed by atoms with van der Waals surface area (Å²) < 4.78 is 50.7. The summed E-state index contributed by atoms with van der Waals surface area (Å²) in [4.78, 5) is 14.4. The molecule has 0 radical (unpaired) electrons. The molecule has 1 N–H and O–H groups in total. The van der Waals surface area contributed by atoms with Gasteiger partial charge in [-0.25, -0.2) is 16.8 Å². The molecular weight excluding hydrogens is 412 g/mol. The van der Waals surface area contributed by atoms with Gasteiger partial charge in [0.25, 0.3) is 0 Å². The van der Waals surface area contributed by atoms with E-state index in [0.717, 1.165) is 19.1 Å². The van der Waals surface area contributed by atoms with Crippen molar-refractivity contribution in [3.63, 3.8) is 0 Å².